The summed E-state index contributed by atoms with van der Waals surface area (Å²) in [5.41, 5.74) is 0.583. The fourth-order valence-electron chi connectivity index (χ4n) is 3.29. The van der Waals surface area contributed by atoms with Crippen molar-refractivity contribution in [3.63, 3.8) is 0 Å². The number of halogens is 1. The van der Waals surface area contributed by atoms with Crippen LogP contribution >= 0.6 is 35.6 Å². The Labute approximate surface area is 175 Å². The van der Waals surface area contributed by atoms with Crippen LogP contribution in [-0.2, 0) is 0 Å². The summed E-state index contributed by atoms with van der Waals surface area (Å²) < 4.78 is 7.58. The van der Waals surface area contributed by atoms with Crippen molar-refractivity contribution in [2.75, 3.05) is 4.90 Å². The van der Waals surface area contributed by atoms with E-state index in [9.17, 15) is 9.59 Å². The molecule has 0 saturated carbocycles. The van der Waals surface area contributed by atoms with E-state index in [2.05, 4.69) is 0 Å². The summed E-state index contributed by atoms with van der Waals surface area (Å²) >= 11 is 13.0. The number of hydrogen-bond acceptors (Lipinski definition) is 5. The maximum atomic E-state index is 13.2. The number of aromatic nitrogens is 2. The lowest BCUT2D eigenvalue weighted by Crippen LogP contribution is -2.42. The molecule has 0 bridgehead atoms. The van der Waals surface area contributed by atoms with Crippen molar-refractivity contribution in [2.24, 2.45) is 0 Å². The minimum atomic E-state index is -0.779. The van der Waals surface area contributed by atoms with Gasteiger partial charge in [0.05, 0.1) is 10.4 Å². The monoisotopic (exact) mass is 433 g/mol. The zero-order chi connectivity index (χ0) is 20.1. The van der Waals surface area contributed by atoms with Crippen molar-refractivity contribution >= 4 is 45.6 Å². The van der Waals surface area contributed by atoms with Gasteiger partial charge in [0.25, 0.3) is 0 Å². The Bertz CT molecular complexity index is 1170. The molecule has 0 radical (unpaired) electrons. The van der Waals surface area contributed by atoms with E-state index in [0.29, 0.717) is 15.0 Å². The van der Waals surface area contributed by atoms with Crippen LogP contribution in [0, 0.1) is 0 Å². The molecule has 1 unspecified atom stereocenters. The van der Waals surface area contributed by atoms with Crippen LogP contribution in [-0.4, -0.2) is 18.4 Å². The normalized spacial score (nSPS) is 18.6. The van der Waals surface area contributed by atoms with Gasteiger partial charge in [-0.1, -0.05) is 59.8 Å². The maximum absolute atomic E-state index is 13.2. The Morgan fingerprint density at radius 1 is 1.07 bits per heavy atom. The highest BCUT2D eigenvalue weighted by atomic mass is 35.5. The Balaban J connectivity index is 1.90. The smallest absolute Gasteiger partial charge is 0.314 e. The third kappa shape index (κ3) is 3.11. The predicted octanol–water partition coefficient (Wildman–Crippen LogP) is 4.06. The van der Waals surface area contributed by atoms with Crippen LogP contribution in [0.25, 0.3) is 5.69 Å². The molecule has 9 heteroatoms. The molecule has 4 rings (SSSR count). The molecule has 1 aliphatic rings. The van der Waals surface area contributed by atoms with E-state index in [-0.39, 0.29) is 0 Å². The number of para-hydroxylation sites is 1. The Morgan fingerprint density at radius 2 is 1.75 bits per heavy atom. The van der Waals surface area contributed by atoms with Crippen molar-refractivity contribution in [2.45, 2.75) is 24.8 Å². The van der Waals surface area contributed by atoms with Crippen LogP contribution in [0.4, 0.5) is 5.69 Å². The van der Waals surface area contributed by atoms with E-state index >= 15 is 0 Å². The molecule has 0 N–H and O–H groups in total. The minimum Gasteiger partial charge on any atom is -0.314 e. The number of anilines is 1. The first-order valence-electron chi connectivity index (χ1n) is 8.48. The Morgan fingerprint density at radius 3 is 2.43 bits per heavy atom. The van der Waals surface area contributed by atoms with Crippen LogP contribution in [0.1, 0.15) is 20.0 Å². The summed E-state index contributed by atoms with van der Waals surface area (Å²) in [5, 5.41) is 0.417. The molecule has 2 heterocycles. The maximum Gasteiger partial charge on any atom is 0.447 e. The average molecular weight is 434 g/mol. The number of hydrogen-bond donors (Lipinski definition) is 0. The van der Waals surface area contributed by atoms with Gasteiger partial charge in [-0.15, -0.1) is 4.74 Å². The molecule has 0 amide bonds. The van der Waals surface area contributed by atoms with Gasteiger partial charge in [0, 0.05) is 10.7 Å². The molecule has 144 valence electrons. The van der Waals surface area contributed by atoms with Crippen LogP contribution in [0.3, 0.4) is 0 Å². The van der Waals surface area contributed by atoms with Gasteiger partial charge in [0.2, 0.25) is 0 Å². The Kier molecular flexibility index (Phi) is 4.73. The summed E-state index contributed by atoms with van der Waals surface area (Å²) in [6.45, 7) is 3.92. The largest absolute Gasteiger partial charge is 0.447 e. The molecule has 1 aromatic heterocycles. The zero-order valence-corrected chi connectivity index (χ0v) is 17.4. The van der Waals surface area contributed by atoms with Gasteiger partial charge >= 0.3 is 11.4 Å². The van der Waals surface area contributed by atoms with Gasteiger partial charge in [-0.2, -0.15) is 4.57 Å². The third-order valence-corrected chi connectivity index (χ3v) is 6.27. The second kappa shape index (κ2) is 6.95. The van der Waals surface area contributed by atoms with E-state index < -0.39 is 22.4 Å². The summed E-state index contributed by atoms with van der Waals surface area (Å²) in [6.07, 6.45) is -0.604. The first-order valence-corrected chi connectivity index (χ1v) is 10.1. The first kappa shape index (κ1) is 19.0. The van der Waals surface area contributed by atoms with Crippen molar-refractivity contribution in [1.82, 2.24) is 9.31 Å². The van der Waals surface area contributed by atoms with Crippen molar-refractivity contribution in [3.05, 3.63) is 80.7 Å². The number of benzene rings is 2. The van der Waals surface area contributed by atoms with Crippen molar-refractivity contribution < 1.29 is 4.52 Å². The highest BCUT2D eigenvalue weighted by Crippen LogP contribution is 2.48. The van der Waals surface area contributed by atoms with Gasteiger partial charge in [-0.3, -0.25) is 0 Å². The van der Waals surface area contributed by atoms with E-state index in [1.807, 2.05) is 49.1 Å². The molecule has 28 heavy (non-hydrogen) atoms. The van der Waals surface area contributed by atoms with E-state index in [1.165, 1.54) is 11.8 Å². The van der Waals surface area contributed by atoms with Crippen LogP contribution in [0.2, 0.25) is 5.02 Å². The fraction of sp³-hybridized carbons (Fsp3) is 0.211. The minimum absolute atomic E-state index is 0.349. The lowest BCUT2D eigenvalue weighted by molar-refractivity contribution is 0.182. The summed E-state index contributed by atoms with van der Waals surface area (Å²) in [7, 11) is 0. The van der Waals surface area contributed by atoms with Crippen LogP contribution in [0.5, 0.6) is 0 Å². The number of thioether (sulfide) groups is 1. The molecule has 0 aliphatic carbocycles. The van der Waals surface area contributed by atoms with Gasteiger partial charge in [0.15, 0.2) is 6.17 Å². The standard InChI is InChI=1S/C19H16ClN3O3S2/c1-19(2)15(21(18(27)28-19)13-8-4-3-5-9-13)23-16(24)22(17(25)26-23)14-10-6-7-12(20)11-14/h3-11,15H,1-2H3. The van der Waals surface area contributed by atoms with Crippen LogP contribution in [0.15, 0.2) is 68.7 Å². The third-order valence-electron chi connectivity index (χ3n) is 4.48. The lowest BCUT2D eigenvalue weighted by atomic mass is 10.1. The summed E-state index contributed by atoms with van der Waals surface area (Å²) in [4.78, 5) is 27.5. The summed E-state index contributed by atoms with van der Waals surface area (Å²) in [5.74, 6) is -0.779. The highest BCUT2D eigenvalue weighted by Gasteiger charge is 2.49. The van der Waals surface area contributed by atoms with E-state index in [4.69, 9.17) is 28.3 Å². The number of thiocarbonyl (C=S) groups is 1. The van der Waals surface area contributed by atoms with Crippen LogP contribution < -0.4 is 16.3 Å². The molecule has 1 atom stereocenters. The van der Waals surface area contributed by atoms with Crippen molar-refractivity contribution in [1.29, 1.82) is 0 Å². The van der Waals surface area contributed by atoms with E-state index in [0.717, 1.165) is 15.0 Å². The molecule has 1 fully saturated rings. The number of rotatable bonds is 3. The summed E-state index contributed by atoms with van der Waals surface area (Å²) in [6, 6.07) is 16.0. The van der Waals surface area contributed by atoms with Crippen molar-refractivity contribution in [3.8, 4) is 5.69 Å². The highest BCUT2D eigenvalue weighted by molar-refractivity contribution is 8.24. The second-order valence-electron chi connectivity index (χ2n) is 6.83. The van der Waals surface area contributed by atoms with Gasteiger partial charge < -0.3 is 9.42 Å². The SMILES string of the molecule is CC1(C)SC(=S)N(c2ccccc2)C1n1oc(=O)n(-c2cccc(Cl)c2)c1=O. The molecule has 6 nitrogen and oxygen atoms in total. The molecule has 0 spiro atoms. The Hall–Kier alpha value is -2.29. The fourth-order valence-corrected chi connectivity index (χ4v) is 5.38. The molecule has 2 aromatic carbocycles. The van der Waals surface area contributed by atoms with Gasteiger partial charge in [-0.25, -0.2) is 9.59 Å². The average Bonchev–Trinajstić information content (AvgIpc) is 3.06. The molecule has 1 aliphatic heterocycles. The molecule has 3 aromatic rings. The van der Waals surface area contributed by atoms with E-state index in [1.54, 1.807) is 24.3 Å². The second-order valence-corrected chi connectivity index (χ2v) is 9.56. The molecule has 1 saturated heterocycles. The zero-order valence-electron chi connectivity index (χ0n) is 15.0. The van der Waals surface area contributed by atoms with Gasteiger partial charge in [0.1, 0.15) is 4.32 Å². The quantitative estimate of drug-likeness (QED) is 0.580. The lowest BCUT2D eigenvalue weighted by Gasteiger charge is -2.30. The predicted molar refractivity (Wildman–Crippen MR) is 116 cm³/mol. The molecular formula is C19H16ClN3O3S2. The first-order chi connectivity index (χ1) is 13.3. The molecular weight excluding hydrogens is 418 g/mol. The number of nitrogens with zero attached hydrogens (tertiary/aromatic N) is 3. The van der Waals surface area contributed by atoms with Gasteiger partial charge in [-0.05, 0) is 44.2 Å². The topological polar surface area (TPSA) is 60.4 Å².